The minimum atomic E-state index is -0.306. The molecule has 3 heterocycles. The molecule has 1 fully saturated rings. The van der Waals surface area contributed by atoms with Crippen LogP contribution in [0.5, 0.6) is 0 Å². The lowest BCUT2D eigenvalue weighted by Gasteiger charge is -2.27. The molecule has 0 bridgehead atoms. The van der Waals surface area contributed by atoms with Gasteiger partial charge in [-0.3, -0.25) is 4.90 Å². The minimum absolute atomic E-state index is 0.306. The summed E-state index contributed by atoms with van der Waals surface area (Å²) >= 11 is 1.35. The third-order valence-electron chi connectivity index (χ3n) is 5.25. The third kappa shape index (κ3) is 4.45. The molecule has 1 aromatic carbocycles. The van der Waals surface area contributed by atoms with E-state index in [4.69, 9.17) is 9.47 Å². The Morgan fingerprint density at radius 1 is 1.23 bits per heavy atom. The van der Waals surface area contributed by atoms with Crippen LogP contribution < -0.4 is 5.32 Å². The molecule has 3 aromatic rings. The van der Waals surface area contributed by atoms with Crippen LogP contribution in [-0.2, 0) is 22.6 Å². The molecule has 158 valence electrons. The van der Waals surface area contributed by atoms with Gasteiger partial charge in [0.15, 0.2) is 0 Å². The smallest absolute Gasteiger partial charge is 0.348 e. The number of thiophene rings is 1. The topological polar surface area (TPSA) is 76.6 Å². The number of hydrogen-bond acceptors (Lipinski definition) is 8. The quantitative estimate of drug-likeness (QED) is 0.578. The van der Waals surface area contributed by atoms with Gasteiger partial charge in [-0.25, -0.2) is 14.8 Å². The van der Waals surface area contributed by atoms with Gasteiger partial charge in [0, 0.05) is 26.2 Å². The Hall–Kier alpha value is -2.55. The fourth-order valence-corrected chi connectivity index (χ4v) is 4.70. The number of carbonyl (C=O) groups is 1. The molecule has 0 unspecified atom stereocenters. The second-order valence-corrected chi connectivity index (χ2v) is 8.19. The first kappa shape index (κ1) is 20.7. The molecular formula is C22H26N4O3S. The second kappa shape index (κ2) is 9.51. The van der Waals surface area contributed by atoms with Crippen LogP contribution in [0.4, 0.5) is 5.82 Å². The molecule has 1 aliphatic rings. The highest BCUT2D eigenvalue weighted by atomic mass is 32.1. The van der Waals surface area contributed by atoms with Gasteiger partial charge < -0.3 is 14.8 Å². The number of ether oxygens (including phenoxy) is 2. The molecule has 0 aliphatic carbocycles. The van der Waals surface area contributed by atoms with Crippen molar-refractivity contribution in [3.05, 3.63) is 52.2 Å². The second-order valence-electron chi connectivity index (χ2n) is 7.19. The average molecular weight is 427 g/mol. The molecule has 1 saturated heterocycles. The Morgan fingerprint density at radius 2 is 2.00 bits per heavy atom. The van der Waals surface area contributed by atoms with E-state index in [0.29, 0.717) is 18.0 Å². The van der Waals surface area contributed by atoms with Gasteiger partial charge in [0.2, 0.25) is 0 Å². The molecule has 4 rings (SSSR count). The molecule has 2 aromatic heterocycles. The van der Waals surface area contributed by atoms with E-state index in [9.17, 15) is 4.79 Å². The standard InChI is InChI=1S/C22H26N4O3S/c1-3-29-22(27)19-15(2)18-20(24-14-25-21(18)30-19)23-12-16-6-4-5-7-17(16)13-26-8-10-28-11-9-26/h4-7,14H,3,8-13H2,1-2H3,(H,23,24,25). The van der Waals surface area contributed by atoms with Crippen LogP contribution in [0, 0.1) is 6.92 Å². The molecule has 1 aliphatic heterocycles. The van der Waals surface area contributed by atoms with E-state index in [2.05, 4.69) is 44.5 Å². The Kier molecular flexibility index (Phi) is 6.56. The Balaban J connectivity index is 1.55. The molecule has 0 atom stereocenters. The largest absolute Gasteiger partial charge is 0.462 e. The van der Waals surface area contributed by atoms with Crippen LogP contribution in [0.3, 0.4) is 0 Å². The van der Waals surface area contributed by atoms with Gasteiger partial charge in [-0.1, -0.05) is 24.3 Å². The highest BCUT2D eigenvalue weighted by Gasteiger charge is 2.20. The SMILES string of the molecule is CCOC(=O)c1sc2ncnc(NCc3ccccc3CN3CCOCC3)c2c1C. The fourth-order valence-electron chi connectivity index (χ4n) is 3.66. The number of anilines is 1. The van der Waals surface area contributed by atoms with E-state index in [1.807, 2.05) is 13.8 Å². The molecule has 8 heteroatoms. The summed E-state index contributed by atoms with van der Waals surface area (Å²) in [6.07, 6.45) is 1.54. The van der Waals surface area contributed by atoms with Gasteiger partial charge in [0.05, 0.1) is 25.2 Å². The van der Waals surface area contributed by atoms with E-state index < -0.39 is 0 Å². The van der Waals surface area contributed by atoms with E-state index >= 15 is 0 Å². The van der Waals surface area contributed by atoms with E-state index in [1.165, 1.54) is 28.8 Å². The zero-order valence-corrected chi connectivity index (χ0v) is 18.1. The first-order valence-electron chi connectivity index (χ1n) is 10.2. The molecule has 0 amide bonds. The van der Waals surface area contributed by atoms with Crippen molar-refractivity contribution in [1.82, 2.24) is 14.9 Å². The van der Waals surface area contributed by atoms with Gasteiger partial charge >= 0.3 is 5.97 Å². The minimum Gasteiger partial charge on any atom is -0.462 e. The maximum absolute atomic E-state index is 12.3. The highest BCUT2D eigenvalue weighted by Crippen LogP contribution is 2.34. The number of morpholine rings is 1. The van der Waals surface area contributed by atoms with Crippen molar-refractivity contribution in [2.75, 3.05) is 38.2 Å². The zero-order valence-electron chi connectivity index (χ0n) is 17.3. The lowest BCUT2D eigenvalue weighted by Crippen LogP contribution is -2.35. The lowest BCUT2D eigenvalue weighted by atomic mass is 10.1. The van der Waals surface area contributed by atoms with Crippen molar-refractivity contribution >= 4 is 33.3 Å². The average Bonchev–Trinajstić information content (AvgIpc) is 3.11. The Labute approximate surface area is 180 Å². The summed E-state index contributed by atoms with van der Waals surface area (Å²) in [4.78, 5) is 24.9. The number of nitrogens with one attached hydrogen (secondary N) is 1. The summed E-state index contributed by atoms with van der Waals surface area (Å²) in [5, 5.41) is 4.35. The maximum atomic E-state index is 12.3. The van der Waals surface area contributed by atoms with Crippen molar-refractivity contribution in [3.8, 4) is 0 Å². The summed E-state index contributed by atoms with van der Waals surface area (Å²) in [6, 6.07) is 8.46. The van der Waals surface area contributed by atoms with Gasteiger partial charge in [-0.05, 0) is 30.5 Å². The highest BCUT2D eigenvalue weighted by molar-refractivity contribution is 7.20. The normalized spacial score (nSPS) is 14.7. The predicted molar refractivity (Wildman–Crippen MR) is 118 cm³/mol. The van der Waals surface area contributed by atoms with Crippen LogP contribution in [0.25, 0.3) is 10.2 Å². The Morgan fingerprint density at radius 3 is 2.77 bits per heavy atom. The number of aromatic nitrogens is 2. The first-order valence-corrected chi connectivity index (χ1v) is 11.0. The van der Waals surface area contributed by atoms with Crippen LogP contribution >= 0.6 is 11.3 Å². The number of aryl methyl sites for hydroxylation is 1. The molecule has 0 spiro atoms. The van der Waals surface area contributed by atoms with Crippen molar-refractivity contribution in [2.45, 2.75) is 26.9 Å². The molecule has 1 N–H and O–H groups in total. The van der Waals surface area contributed by atoms with E-state index in [0.717, 1.165) is 54.4 Å². The monoisotopic (exact) mass is 426 g/mol. The summed E-state index contributed by atoms with van der Waals surface area (Å²) < 4.78 is 10.6. The van der Waals surface area contributed by atoms with Gasteiger partial charge in [0.25, 0.3) is 0 Å². The molecule has 7 nitrogen and oxygen atoms in total. The van der Waals surface area contributed by atoms with Crippen molar-refractivity contribution < 1.29 is 14.3 Å². The van der Waals surface area contributed by atoms with Gasteiger partial charge in [0.1, 0.15) is 21.9 Å². The molecule has 0 saturated carbocycles. The van der Waals surface area contributed by atoms with E-state index in [-0.39, 0.29) is 5.97 Å². The van der Waals surface area contributed by atoms with Crippen molar-refractivity contribution in [1.29, 1.82) is 0 Å². The number of carbonyl (C=O) groups excluding carboxylic acids is 1. The number of benzene rings is 1. The fraction of sp³-hybridized carbons (Fsp3) is 0.409. The number of hydrogen-bond donors (Lipinski definition) is 1. The van der Waals surface area contributed by atoms with E-state index in [1.54, 1.807) is 0 Å². The summed E-state index contributed by atoms with van der Waals surface area (Å²) in [5.74, 6) is 0.435. The Bertz CT molecular complexity index is 1030. The first-order chi connectivity index (χ1) is 14.7. The number of esters is 1. The predicted octanol–water partition coefficient (Wildman–Crippen LogP) is 3.62. The summed E-state index contributed by atoms with van der Waals surface area (Å²) in [7, 11) is 0. The summed E-state index contributed by atoms with van der Waals surface area (Å²) in [6.45, 7) is 9.13. The van der Waals surface area contributed by atoms with Crippen molar-refractivity contribution in [2.24, 2.45) is 0 Å². The lowest BCUT2D eigenvalue weighted by molar-refractivity contribution is 0.0341. The zero-order chi connectivity index (χ0) is 20.9. The molecule has 30 heavy (non-hydrogen) atoms. The van der Waals surface area contributed by atoms with Gasteiger partial charge in [-0.2, -0.15) is 0 Å². The van der Waals surface area contributed by atoms with Crippen LogP contribution in [-0.4, -0.2) is 53.7 Å². The third-order valence-corrected chi connectivity index (χ3v) is 6.43. The summed E-state index contributed by atoms with van der Waals surface area (Å²) in [5.41, 5.74) is 3.39. The van der Waals surface area contributed by atoms with Crippen molar-refractivity contribution in [3.63, 3.8) is 0 Å². The number of fused-ring (bicyclic) bond motifs is 1. The van der Waals surface area contributed by atoms with Crippen LogP contribution in [0.1, 0.15) is 33.3 Å². The van der Waals surface area contributed by atoms with Crippen LogP contribution in [0.15, 0.2) is 30.6 Å². The number of rotatable bonds is 7. The van der Waals surface area contributed by atoms with Gasteiger partial charge in [-0.15, -0.1) is 11.3 Å². The molecule has 0 radical (unpaired) electrons. The maximum Gasteiger partial charge on any atom is 0.348 e. The van der Waals surface area contributed by atoms with Crippen LogP contribution in [0.2, 0.25) is 0 Å². The number of nitrogens with zero attached hydrogens (tertiary/aromatic N) is 3. The molecular weight excluding hydrogens is 400 g/mol.